The first-order valence-corrected chi connectivity index (χ1v) is 7.27. The van der Waals surface area contributed by atoms with E-state index in [4.69, 9.17) is 9.47 Å². The molecule has 0 saturated carbocycles. The Hall–Kier alpha value is -1.06. The maximum atomic E-state index is 5.78. The van der Waals surface area contributed by atoms with Crippen LogP contribution in [0.25, 0.3) is 0 Å². The largest absolute Gasteiger partial charge is 0.491 e. The number of rotatable bonds is 10. The fourth-order valence-electron chi connectivity index (χ4n) is 1.73. The highest BCUT2D eigenvalue weighted by atomic mass is 16.5. The van der Waals surface area contributed by atoms with E-state index in [2.05, 4.69) is 18.3 Å². The summed E-state index contributed by atoms with van der Waals surface area (Å²) in [6, 6.07) is 8.18. The van der Waals surface area contributed by atoms with Crippen LogP contribution in [0.15, 0.2) is 24.3 Å². The summed E-state index contributed by atoms with van der Waals surface area (Å²) in [6.45, 7) is 9.60. The molecule has 0 aliphatic heterocycles. The fraction of sp³-hybridized carbons (Fsp3) is 0.625. The number of hydrogen-bond acceptors (Lipinski definition) is 3. The summed E-state index contributed by atoms with van der Waals surface area (Å²) >= 11 is 0. The lowest BCUT2D eigenvalue weighted by molar-refractivity contribution is 0.132. The van der Waals surface area contributed by atoms with E-state index < -0.39 is 0 Å². The molecular weight excluding hydrogens is 238 g/mol. The zero-order chi connectivity index (χ0) is 13.9. The van der Waals surface area contributed by atoms with E-state index in [1.54, 1.807) is 0 Å². The van der Waals surface area contributed by atoms with Gasteiger partial charge in [-0.15, -0.1) is 0 Å². The van der Waals surface area contributed by atoms with Crippen LogP contribution in [-0.2, 0) is 11.3 Å². The first-order valence-electron chi connectivity index (χ1n) is 7.27. The molecule has 0 fully saturated rings. The maximum absolute atomic E-state index is 5.78. The Bertz CT molecular complexity index is 339. The average molecular weight is 265 g/mol. The standard InChI is InChI=1S/C16H27NO2/c1-4-5-11-18-12-10-17-13-15-8-6-7-9-16(15)19-14(2)3/h6-9,14,17H,4-5,10-13H2,1-3H3. The molecule has 1 aromatic rings. The van der Waals surface area contributed by atoms with E-state index in [0.717, 1.165) is 38.5 Å². The molecule has 19 heavy (non-hydrogen) atoms. The molecule has 0 aromatic heterocycles. The third-order valence-corrected chi connectivity index (χ3v) is 2.72. The molecule has 0 aliphatic rings. The van der Waals surface area contributed by atoms with Crippen LogP contribution in [0.2, 0.25) is 0 Å². The molecule has 1 rings (SSSR count). The van der Waals surface area contributed by atoms with E-state index in [1.165, 1.54) is 12.0 Å². The summed E-state index contributed by atoms with van der Waals surface area (Å²) in [6.07, 6.45) is 2.54. The van der Waals surface area contributed by atoms with Gasteiger partial charge in [0.25, 0.3) is 0 Å². The zero-order valence-corrected chi connectivity index (χ0v) is 12.4. The van der Waals surface area contributed by atoms with Crippen LogP contribution < -0.4 is 10.1 Å². The fourth-order valence-corrected chi connectivity index (χ4v) is 1.73. The van der Waals surface area contributed by atoms with Gasteiger partial charge in [0.2, 0.25) is 0 Å². The molecule has 0 aliphatic carbocycles. The molecule has 1 aromatic carbocycles. The monoisotopic (exact) mass is 265 g/mol. The molecule has 0 radical (unpaired) electrons. The van der Waals surface area contributed by atoms with Crippen LogP contribution in [0.1, 0.15) is 39.2 Å². The molecule has 3 nitrogen and oxygen atoms in total. The Morgan fingerprint density at radius 2 is 1.95 bits per heavy atom. The van der Waals surface area contributed by atoms with Crippen molar-refractivity contribution >= 4 is 0 Å². The van der Waals surface area contributed by atoms with E-state index in [0.29, 0.717) is 0 Å². The van der Waals surface area contributed by atoms with Crippen LogP contribution in [-0.4, -0.2) is 25.9 Å². The predicted octanol–water partition coefficient (Wildman–Crippen LogP) is 3.38. The third-order valence-electron chi connectivity index (χ3n) is 2.72. The van der Waals surface area contributed by atoms with Gasteiger partial charge in [0.15, 0.2) is 0 Å². The first-order chi connectivity index (χ1) is 9.24. The quantitative estimate of drug-likeness (QED) is 0.658. The van der Waals surface area contributed by atoms with Gasteiger partial charge in [-0.1, -0.05) is 31.5 Å². The molecule has 3 heteroatoms. The lowest BCUT2D eigenvalue weighted by atomic mass is 10.2. The van der Waals surface area contributed by atoms with E-state index in [-0.39, 0.29) is 6.10 Å². The molecule has 1 N–H and O–H groups in total. The maximum Gasteiger partial charge on any atom is 0.124 e. The lowest BCUT2D eigenvalue weighted by Gasteiger charge is -2.14. The van der Waals surface area contributed by atoms with Gasteiger partial charge in [0, 0.05) is 25.3 Å². The minimum absolute atomic E-state index is 0.207. The molecular formula is C16H27NO2. The smallest absolute Gasteiger partial charge is 0.124 e. The number of nitrogens with one attached hydrogen (secondary N) is 1. The SMILES string of the molecule is CCCCOCCNCc1ccccc1OC(C)C. The topological polar surface area (TPSA) is 30.5 Å². The van der Waals surface area contributed by atoms with Crippen molar-refractivity contribution < 1.29 is 9.47 Å². The highest BCUT2D eigenvalue weighted by Crippen LogP contribution is 2.18. The normalized spacial score (nSPS) is 10.9. The van der Waals surface area contributed by atoms with Gasteiger partial charge in [0.1, 0.15) is 5.75 Å². The molecule has 0 heterocycles. The molecule has 0 atom stereocenters. The van der Waals surface area contributed by atoms with Gasteiger partial charge in [-0.3, -0.25) is 0 Å². The molecule has 0 amide bonds. The van der Waals surface area contributed by atoms with Crippen LogP contribution in [0.4, 0.5) is 0 Å². The summed E-state index contributed by atoms with van der Waals surface area (Å²) in [5, 5.41) is 3.39. The highest BCUT2D eigenvalue weighted by Gasteiger charge is 2.04. The van der Waals surface area contributed by atoms with Gasteiger partial charge >= 0.3 is 0 Å². The van der Waals surface area contributed by atoms with Gasteiger partial charge < -0.3 is 14.8 Å². The Labute approximate surface area is 117 Å². The minimum Gasteiger partial charge on any atom is -0.491 e. The minimum atomic E-state index is 0.207. The van der Waals surface area contributed by atoms with Crippen molar-refractivity contribution in [3.05, 3.63) is 29.8 Å². The number of ether oxygens (including phenoxy) is 2. The van der Waals surface area contributed by atoms with E-state index in [9.17, 15) is 0 Å². The second-order valence-electron chi connectivity index (χ2n) is 4.92. The van der Waals surface area contributed by atoms with Crippen LogP contribution in [0, 0.1) is 0 Å². The second-order valence-corrected chi connectivity index (χ2v) is 4.92. The Balaban J connectivity index is 2.25. The highest BCUT2D eigenvalue weighted by molar-refractivity contribution is 5.33. The van der Waals surface area contributed by atoms with Gasteiger partial charge in [-0.25, -0.2) is 0 Å². The summed E-state index contributed by atoms with van der Waals surface area (Å²) in [4.78, 5) is 0. The van der Waals surface area contributed by atoms with Crippen LogP contribution in [0.3, 0.4) is 0 Å². The second kappa shape index (κ2) is 9.82. The van der Waals surface area contributed by atoms with Crippen molar-refractivity contribution in [2.24, 2.45) is 0 Å². The number of hydrogen-bond donors (Lipinski definition) is 1. The van der Waals surface area contributed by atoms with Gasteiger partial charge in [-0.05, 0) is 26.3 Å². The zero-order valence-electron chi connectivity index (χ0n) is 12.4. The first kappa shape index (κ1) is 16.0. The predicted molar refractivity (Wildman–Crippen MR) is 79.6 cm³/mol. The van der Waals surface area contributed by atoms with Crippen molar-refractivity contribution in [3.8, 4) is 5.75 Å². The summed E-state index contributed by atoms with van der Waals surface area (Å²) in [5.41, 5.74) is 1.20. The van der Waals surface area contributed by atoms with E-state index in [1.807, 2.05) is 32.0 Å². The van der Waals surface area contributed by atoms with Crippen LogP contribution in [0.5, 0.6) is 5.75 Å². The molecule has 0 unspecified atom stereocenters. The van der Waals surface area contributed by atoms with Crippen molar-refractivity contribution in [1.29, 1.82) is 0 Å². The number of unbranched alkanes of at least 4 members (excludes halogenated alkanes) is 1. The summed E-state index contributed by atoms with van der Waals surface area (Å²) < 4.78 is 11.3. The number of para-hydroxylation sites is 1. The Morgan fingerprint density at radius 3 is 2.68 bits per heavy atom. The lowest BCUT2D eigenvalue weighted by Crippen LogP contribution is -2.20. The van der Waals surface area contributed by atoms with Crippen molar-refractivity contribution in [3.63, 3.8) is 0 Å². The van der Waals surface area contributed by atoms with Crippen molar-refractivity contribution in [2.75, 3.05) is 19.8 Å². The van der Waals surface area contributed by atoms with Crippen molar-refractivity contribution in [2.45, 2.75) is 46.3 Å². The van der Waals surface area contributed by atoms with Gasteiger partial charge in [-0.2, -0.15) is 0 Å². The van der Waals surface area contributed by atoms with Crippen molar-refractivity contribution in [1.82, 2.24) is 5.32 Å². The van der Waals surface area contributed by atoms with Gasteiger partial charge in [0.05, 0.1) is 12.7 Å². The Morgan fingerprint density at radius 1 is 1.16 bits per heavy atom. The number of benzene rings is 1. The van der Waals surface area contributed by atoms with E-state index >= 15 is 0 Å². The average Bonchev–Trinajstić information content (AvgIpc) is 2.39. The third kappa shape index (κ3) is 7.19. The molecule has 0 spiro atoms. The summed E-state index contributed by atoms with van der Waals surface area (Å²) in [7, 11) is 0. The summed E-state index contributed by atoms with van der Waals surface area (Å²) in [5.74, 6) is 0.969. The Kier molecular flexibility index (Phi) is 8.26. The molecule has 108 valence electrons. The molecule has 0 saturated heterocycles. The van der Waals surface area contributed by atoms with Crippen LogP contribution >= 0.6 is 0 Å². The molecule has 0 bridgehead atoms.